The second-order valence-corrected chi connectivity index (χ2v) is 6.80. The van der Waals surface area contributed by atoms with E-state index in [9.17, 15) is 0 Å². The summed E-state index contributed by atoms with van der Waals surface area (Å²) in [6, 6.07) is 2.29. The molecule has 0 fully saturated rings. The number of hydrogen-bond acceptors (Lipinski definition) is 4. The Bertz CT molecular complexity index is 504. The van der Waals surface area contributed by atoms with E-state index >= 15 is 0 Å². The minimum absolute atomic E-state index is 0.202. The molecule has 0 aliphatic rings. The number of thiazole rings is 1. The Labute approximate surface area is 118 Å². The quantitative estimate of drug-likeness (QED) is 0.910. The van der Waals surface area contributed by atoms with E-state index in [-0.39, 0.29) is 6.04 Å². The van der Waals surface area contributed by atoms with Crippen molar-refractivity contribution in [2.45, 2.75) is 26.3 Å². The zero-order valence-corrected chi connectivity index (χ0v) is 13.3. The highest BCUT2D eigenvalue weighted by molar-refractivity contribution is 9.10. The maximum Gasteiger partial charge on any atom is 0.116 e. The fourth-order valence-electron chi connectivity index (χ4n) is 1.78. The van der Waals surface area contributed by atoms with E-state index in [0.29, 0.717) is 0 Å². The molecule has 0 aliphatic carbocycles. The molecule has 0 saturated heterocycles. The lowest BCUT2D eigenvalue weighted by Gasteiger charge is -2.12. The van der Waals surface area contributed by atoms with Gasteiger partial charge in [-0.25, -0.2) is 4.98 Å². The summed E-state index contributed by atoms with van der Waals surface area (Å²) in [7, 11) is 1.99. The molecule has 0 spiro atoms. The number of thiophene rings is 1. The predicted octanol–water partition coefficient (Wildman–Crippen LogP) is 4.15. The van der Waals surface area contributed by atoms with Crippen molar-refractivity contribution in [2.75, 3.05) is 7.05 Å². The summed E-state index contributed by atoms with van der Waals surface area (Å²) in [6.45, 7) is 4.30. The van der Waals surface area contributed by atoms with Gasteiger partial charge in [0.25, 0.3) is 0 Å². The molecule has 2 aromatic rings. The highest BCUT2D eigenvalue weighted by Crippen LogP contribution is 2.35. The van der Waals surface area contributed by atoms with Crippen LogP contribution in [-0.2, 0) is 6.42 Å². The van der Waals surface area contributed by atoms with Crippen LogP contribution in [0, 0.1) is 6.92 Å². The monoisotopic (exact) mass is 330 g/mol. The van der Waals surface area contributed by atoms with Crippen molar-refractivity contribution in [1.29, 1.82) is 0 Å². The zero-order chi connectivity index (χ0) is 12.4. The molecule has 1 atom stereocenters. The molecule has 0 saturated carbocycles. The Balaban J connectivity index is 2.39. The van der Waals surface area contributed by atoms with Crippen molar-refractivity contribution in [3.8, 4) is 0 Å². The van der Waals surface area contributed by atoms with Gasteiger partial charge in [-0.05, 0) is 47.8 Å². The fourth-order valence-corrected chi connectivity index (χ4v) is 4.70. The van der Waals surface area contributed by atoms with Gasteiger partial charge in [-0.3, -0.25) is 0 Å². The Kier molecular flexibility index (Phi) is 4.36. The van der Waals surface area contributed by atoms with Crippen molar-refractivity contribution in [2.24, 2.45) is 0 Å². The summed E-state index contributed by atoms with van der Waals surface area (Å²) in [5.41, 5.74) is 1.22. The Morgan fingerprint density at radius 1 is 1.53 bits per heavy atom. The van der Waals surface area contributed by atoms with Gasteiger partial charge in [-0.1, -0.05) is 6.92 Å². The number of hydrogen-bond donors (Lipinski definition) is 1. The van der Waals surface area contributed by atoms with Gasteiger partial charge < -0.3 is 5.32 Å². The number of aromatic nitrogens is 1. The molecule has 0 aliphatic heterocycles. The second-order valence-electron chi connectivity index (χ2n) is 3.76. The van der Waals surface area contributed by atoms with Crippen molar-refractivity contribution in [3.63, 3.8) is 0 Å². The third-order valence-electron chi connectivity index (χ3n) is 2.69. The average Bonchev–Trinajstić information content (AvgIpc) is 2.88. The summed E-state index contributed by atoms with van der Waals surface area (Å²) in [5, 5.41) is 6.61. The standard InChI is InChI=1S/C12H15BrN2S2/c1-4-9-7(2)17-12(15-9)10(14-3)11-8(13)5-6-16-11/h5-6,10,14H,4H2,1-3H3. The third kappa shape index (κ3) is 2.62. The largest absolute Gasteiger partial charge is 0.307 e. The molecule has 2 heterocycles. The van der Waals surface area contributed by atoms with Crippen molar-refractivity contribution in [1.82, 2.24) is 10.3 Å². The first-order chi connectivity index (χ1) is 8.17. The molecule has 2 nitrogen and oxygen atoms in total. The topological polar surface area (TPSA) is 24.9 Å². The molecular formula is C12H15BrN2S2. The van der Waals surface area contributed by atoms with Gasteiger partial charge in [0.05, 0.1) is 11.7 Å². The summed E-state index contributed by atoms with van der Waals surface area (Å²) >= 11 is 7.14. The summed E-state index contributed by atoms with van der Waals surface area (Å²) < 4.78 is 1.16. The van der Waals surface area contributed by atoms with Crippen molar-refractivity contribution in [3.05, 3.63) is 36.4 Å². The molecule has 0 bridgehead atoms. The van der Waals surface area contributed by atoms with Crippen molar-refractivity contribution >= 4 is 38.6 Å². The van der Waals surface area contributed by atoms with Gasteiger partial charge in [-0.15, -0.1) is 22.7 Å². The summed E-state index contributed by atoms with van der Waals surface area (Å²) in [6.07, 6.45) is 1.00. The van der Waals surface area contributed by atoms with Crippen LogP contribution in [0.3, 0.4) is 0 Å². The molecule has 1 N–H and O–H groups in total. The van der Waals surface area contributed by atoms with Gasteiger partial charge in [0, 0.05) is 14.2 Å². The fraction of sp³-hybridized carbons (Fsp3) is 0.417. The van der Waals surface area contributed by atoms with Gasteiger partial charge in [-0.2, -0.15) is 0 Å². The number of aryl methyl sites for hydroxylation is 2. The van der Waals surface area contributed by atoms with Crippen LogP contribution in [0.15, 0.2) is 15.9 Å². The van der Waals surface area contributed by atoms with Crippen LogP contribution in [0.1, 0.15) is 33.4 Å². The maximum atomic E-state index is 4.74. The first-order valence-corrected chi connectivity index (χ1v) is 8.02. The second kappa shape index (κ2) is 5.61. The highest BCUT2D eigenvalue weighted by Gasteiger charge is 2.20. The average molecular weight is 331 g/mol. The van der Waals surface area contributed by atoms with Gasteiger partial charge in [0.2, 0.25) is 0 Å². The van der Waals surface area contributed by atoms with Crippen LogP contribution in [0.5, 0.6) is 0 Å². The Morgan fingerprint density at radius 2 is 2.29 bits per heavy atom. The number of nitrogens with zero attached hydrogens (tertiary/aromatic N) is 1. The molecule has 92 valence electrons. The molecule has 17 heavy (non-hydrogen) atoms. The van der Waals surface area contributed by atoms with Crippen LogP contribution >= 0.6 is 38.6 Å². The lowest BCUT2D eigenvalue weighted by atomic mass is 10.2. The van der Waals surface area contributed by atoms with Gasteiger partial charge >= 0.3 is 0 Å². The van der Waals surface area contributed by atoms with Crippen LogP contribution in [0.4, 0.5) is 0 Å². The molecule has 1 unspecified atom stereocenters. The predicted molar refractivity (Wildman–Crippen MR) is 79.2 cm³/mol. The molecule has 0 radical (unpaired) electrons. The summed E-state index contributed by atoms with van der Waals surface area (Å²) in [4.78, 5) is 7.36. The normalized spacial score (nSPS) is 12.9. The number of rotatable bonds is 4. The van der Waals surface area contributed by atoms with E-state index in [4.69, 9.17) is 4.98 Å². The summed E-state index contributed by atoms with van der Waals surface area (Å²) in [5.74, 6) is 0. The Hall–Kier alpha value is -0.230. The molecule has 0 amide bonds. The molecule has 2 aromatic heterocycles. The first kappa shape index (κ1) is 13.2. The van der Waals surface area contributed by atoms with Crippen LogP contribution < -0.4 is 5.32 Å². The highest BCUT2D eigenvalue weighted by atomic mass is 79.9. The number of halogens is 1. The minimum atomic E-state index is 0.202. The smallest absolute Gasteiger partial charge is 0.116 e. The van der Waals surface area contributed by atoms with Gasteiger partial charge in [0.15, 0.2) is 0 Å². The van der Waals surface area contributed by atoms with Crippen molar-refractivity contribution < 1.29 is 0 Å². The molecule has 2 rings (SSSR count). The SMILES string of the molecule is CCc1nc(C(NC)c2sccc2Br)sc1C. The first-order valence-electron chi connectivity index (χ1n) is 5.53. The van der Waals surface area contributed by atoms with E-state index in [1.54, 1.807) is 22.7 Å². The lowest BCUT2D eigenvalue weighted by Crippen LogP contribution is -2.16. The van der Waals surface area contributed by atoms with Crippen LogP contribution in [0.25, 0.3) is 0 Å². The zero-order valence-electron chi connectivity index (χ0n) is 10.1. The van der Waals surface area contributed by atoms with Crippen LogP contribution in [0.2, 0.25) is 0 Å². The minimum Gasteiger partial charge on any atom is -0.307 e. The molecule has 5 heteroatoms. The van der Waals surface area contributed by atoms with E-state index in [1.165, 1.54) is 15.4 Å². The van der Waals surface area contributed by atoms with E-state index in [2.05, 4.69) is 46.5 Å². The van der Waals surface area contributed by atoms with Crippen LogP contribution in [-0.4, -0.2) is 12.0 Å². The van der Waals surface area contributed by atoms with Gasteiger partial charge in [0.1, 0.15) is 5.01 Å². The lowest BCUT2D eigenvalue weighted by molar-refractivity contribution is 0.692. The Morgan fingerprint density at radius 3 is 2.76 bits per heavy atom. The molecule has 0 aromatic carbocycles. The number of nitrogens with one attached hydrogen (secondary N) is 1. The molecular weight excluding hydrogens is 316 g/mol. The third-order valence-corrected chi connectivity index (χ3v) is 5.70. The van der Waals surface area contributed by atoms with E-state index in [0.717, 1.165) is 15.9 Å². The van der Waals surface area contributed by atoms with E-state index in [1.807, 2.05) is 7.05 Å². The maximum absolute atomic E-state index is 4.74. The van der Waals surface area contributed by atoms with E-state index < -0.39 is 0 Å².